The van der Waals surface area contributed by atoms with Crippen LogP contribution < -0.4 is 15.4 Å². The Morgan fingerprint density at radius 2 is 1.90 bits per heavy atom. The summed E-state index contributed by atoms with van der Waals surface area (Å²) in [5.74, 6) is -2.00. The van der Waals surface area contributed by atoms with Crippen molar-refractivity contribution in [3.05, 3.63) is 87.3 Å². The second-order valence-electron chi connectivity index (χ2n) is 8.59. The normalized spacial score (nSPS) is 10.6. The maximum absolute atomic E-state index is 15.3. The van der Waals surface area contributed by atoms with Crippen molar-refractivity contribution in [2.75, 3.05) is 18.9 Å². The van der Waals surface area contributed by atoms with Gasteiger partial charge in [0.25, 0.3) is 5.91 Å². The lowest BCUT2D eigenvalue weighted by molar-refractivity contribution is -0.116. The highest BCUT2D eigenvalue weighted by atomic mass is 35.5. The number of aromatic amines is 1. The Bertz CT molecular complexity index is 1680. The maximum atomic E-state index is 15.3. The fourth-order valence-corrected chi connectivity index (χ4v) is 4.10. The second-order valence-corrected chi connectivity index (χ2v) is 9.44. The zero-order valence-corrected chi connectivity index (χ0v) is 22.2. The molecule has 40 heavy (non-hydrogen) atoms. The molecule has 1 aromatic heterocycles. The van der Waals surface area contributed by atoms with Crippen molar-refractivity contribution in [2.45, 2.75) is 6.54 Å². The number of carbonyl (C=O) groups is 3. The van der Waals surface area contributed by atoms with Gasteiger partial charge in [-0.2, -0.15) is 5.26 Å². The Kier molecular flexibility index (Phi) is 8.43. The number of nitrogens with zero attached hydrogens (tertiary/aromatic N) is 2. The molecule has 3 amide bonds. The Hall–Kier alpha value is -4.79. The minimum Gasteiger partial charge on any atom is -0.465 e. The zero-order chi connectivity index (χ0) is 29.0. The molecule has 0 aliphatic heterocycles. The van der Waals surface area contributed by atoms with Gasteiger partial charge in [0.2, 0.25) is 5.91 Å². The summed E-state index contributed by atoms with van der Waals surface area (Å²) < 4.78 is 20.8. The largest absolute Gasteiger partial charge is 0.465 e. The molecule has 0 saturated carbocycles. The number of rotatable bonds is 8. The van der Waals surface area contributed by atoms with Crippen LogP contribution in [0.2, 0.25) is 10.0 Å². The van der Waals surface area contributed by atoms with Gasteiger partial charge in [-0.25, -0.2) is 9.18 Å². The van der Waals surface area contributed by atoms with Gasteiger partial charge < -0.3 is 30.4 Å². The first-order valence-electron chi connectivity index (χ1n) is 11.5. The van der Waals surface area contributed by atoms with Crippen LogP contribution >= 0.6 is 23.2 Å². The number of nitriles is 1. The van der Waals surface area contributed by atoms with Crippen molar-refractivity contribution >= 4 is 57.7 Å². The molecular weight excluding hydrogens is 564 g/mol. The molecule has 0 radical (unpaired) electrons. The van der Waals surface area contributed by atoms with Crippen molar-refractivity contribution in [3.8, 4) is 17.6 Å². The van der Waals surface area contributed by atoms with E-state index in [1.54, 1.807) is 24.3 Å². The molecule has 0 fully saturated rings. The Labute approximate surface area is 236 Å². The molecular formula is C27H20Cl2FN5O5. The summed E-state index contributed by atoms with van der Waals surface area (Å²) in [6, 6.07) is 15.4. The van der Waals surface area contributed by atoms with Crippen LogP contribution in [0.5, 0.6) is 11.5 Å². The summed E-state index contributed by atoms with van der Waals surface area (Å²) >= 11 is 12.1. The number of fused-ring (bicyclic) bond motifs is 1. The third-order valence-electron chi connectivity index (χ3n) is 5.65. The van der Waals surface area contributed by atoms with Crippen molar-refractivity contribution in [2.24, 2.45) is 0 Å². The molecule has 4 rings (SSSR count). The van der Waals surface area contributed by atoms with E-state index in [1.807, 2.05) is 6.07 Å². The lowest BCUT2D eigenvalue weighted by Gasteiger charge is -2.13. The fraction of sp³-hybridized carbons (Fsp3) is 0.111. The summed E-state index contributed by atoms with van der Waals surface area (Å²) in [4.78, 5) is 39.5. The van der Waals surface area contributed by atoms with Crippen LogP contribution in [0.4, 0.5) is 14.9 Å². The van der Waals surface area contributed by atoms with Gasteiger partial charge >= 0.3 is 6.09 Å². The number of carboxylic acid groups (broad SMARTS) is 1. The van der Waals surface area contributed by atoms with Gasteiger partial charge in [-0.15, -0.1) is 0 Å². The first-order valence-corrected chi connectivity index (χ1v) is 12.3. The molecule has 3 aromatic carbocycles. The Morgan fingerprint density at radius 1 is 1.12 bits per heavy atom. The van der Waals surface area contributed by atoms with Crippen LogP contribution in [0.25, 0.3) is 10.9 Å². The Balaban J connectivity index is 1.45. The average molecular weight is 584 g/mol. The summed E-state index contributed by atoms with van der Waals surface area (Å²) in [6.07, 6.45) is -1.23. The predicted molar refractivity (Wildman–Crippen MR) is 146 cm³/mol. The molecule has 4 N–H and O–H groups in total. The lowest BCUT2D eigenvalue weighted by Crippen LogP contribution is -2.33. The Morgan fingerprint density at radius 3 is 2.62 bits per heavy atom. The van der Waals surface area contributed by atoms with E-state index in [9.17, 15) is 14.4 Å². The van der Waals surface area contributed by atoms with E-state index in [0.717, 1.165) is 4.90 Å². The van der Waals surface area contributed by atoms with Crippen LogP contribution in [0.15, 0.2) is 54.6 Å². The molecule has 1 heterocycles. The average Bonchev–Trinajstić information content (AvgIpc) is 3.33. The van der Waals surface area contributed by atoms with E-state index in [-0.39, 0.29) is 51.5 Å². The topological polar surface area (TPSA) is 148 Å². The van der Waals surface area contributed by atoms with E-state index in [1.165, 1.54) is 37.4 Å². The molecule has 0 saturated heterocycles. The number of likely N-dealkylation sites (N-methyl/N-ethyl adjacent to an activating group) is 1. The van der Waals surface area contributed by atoms with Crippen molar-refractivity contribution in [1.29, 1.82) is 5.26 Å². The number of aromatic nitrogens is 1. The SMILES string of the molecule is CN(CC(=O)Nc1ccc2[nH]c(C(=O)NCc3ccc(Cl)c(Oc4cc(Cl)cc(C#N)c4)c3F)cc2c1)C(=O)O. The van der Waals surface area contributed by atoms with Crippen LogP contribution in [-0.2, 0) is 11.3 Å². The predicted octanol–water partition coefficient (Wildman–Crippen LogP) is 5.76. The van der Waals surface area contributed by atoms with E-state index in [2.05, 4.69) is 15.6 Å². The monoisotopic (exact) mass is 583 g/mol. The number of benzene rings is 3. The number of ether oxygens (including phenoxy) is 1. The van der Waals surface area contributed by atoms with Crippen LogP contribution in [-0.4, -0.2) is 46.5 Å². The molecule has 10 nitrogen and oxygen atoms in total. The van der Waals surface area contributed by atoms with Gasteiger partial charge in [0.1, 0.15) is 18.0 Å². The number of hydrogen-bond acceptors (Lipinski definition) is 5. The first-order chi connectivity index (χ1) is 19.0. The molecule has 0 aliphatic carbocycles. The molecule has 0 unspecified atom stereocenters. The molecule has 4 aromatic rings. The van der Waals surface area contributed by atoms with Gasteiger partial charge in [-0.3, -0.25) is 9.59 Å². The summed E-state index contributed by atoms with van der Waals surface area (Å²) in [7, 11) is 1.27. The van der Waals surface area contributed by atoms with Gasteiger partial charge in [-0.05, 0) is 48.5 Å². The number of carbonyl (C=O) groups excluding carboxylic acids is 2. The molecule has 0 atom stereocenters. The summed E-state index contributed by atoms with van der Waals surface area (Å²) in [5.41, 5.74) is 1.54. The number of halogens is 3. The number of hydrogen-bond donors (Lipinski definition) is 4. The number of H-pyrrole nitrogens is 1. The van der Waals surface area contributed by atoms with Crippen molar-refractivity contribution in [3.63, 3.8) is 0 Å². The van der Waals surface area contributed by atoms with Crippen LogP contribution in [0.1, 0.15) is 21.6 Å². The van der Waals surface area contributed by atoms with E-state index in [0.29, 0.717) is 16.6 Å². The first kappa shape index (κ1) is 28.2. The molecule has 204 valence electrons. The standard InChI is InChI=1S/C27H20Cl2FN5O5/c1-35(27(38)39)13-23(36)33-18-3-5-21-16(8-18)9-22(34-21)26(37)32-12-15-2-4-20(29)25(24(15)30)40-19-7-14(11-31)6-17(28)10-19/h2-10,34H,12-13H2,1H3,(H,32,37)(H,33,36)(H,38,39). The molecule has 0 aliphatic rings. The van der Waals surface area contributed by atoms with Crippen LogP contribution in [0.3, 0.4) is 0 Å². The highest BCUT2D eigenvalue weighted by molar-refractivity contribution is 6.32. The lowest BCUT2D eigenvalue weighted by atomic mass is 10.2. The van der Waals surface area contributed by atoms with Gasteiger partial charge in [-0.1, -0.05) is 29.3 Å². The van der Waals surface area contributed by atoms with Gasteiger partial charge in [0, 0.05) is 40.8 Å². The molecule has 13 heteroatoms. The zero-order valence-electron chi connectivity index (χ0n) is 20.7. The fourth-order valence-electron chi connectivity index (χ4n) is 3.69. The third kappa shape index (κ3) is 6.61. The number of anilines is 1. The van der Waals surface area contributed by atoms with Gasteiger partial charge in [0.15, 0.2) is 11.6 Å². The second kappa shape index (κ2) is 11.9. The summed E-state index contributed by atoms with van der Waals surface area (Å²) in [5, 5.41) is 24.1. The van der Waals surface area contributed by atoms with E-state index >= 15 is 4.39 Å². The van der Waals surface area contributed by atoms with Crippen molar-refractivity contribution < 1.29 is 28.6 Å². The highest BCUT2D eigenvalue weighted by Crippen LogP contribution is 2.35. The van der Waals surface area contributed by atoms with E-state index < -0.39 is 23.7 Å². The van der Waals surface area contributed by atoms with E-state index in [4.69, 9.17) is 38.3 Å². The van der Waals surface area contributed by atoms with Gasteiger partial charge in [0.05, 0.1) is 16.7 Å². The smallest absolute Gasteiger partial charge is 0.407 e. The minimum absolute atomic E-state index is 0.0147. The number of nitrogens with one attached hydrogen (secondary N) is 3. The quantitative estimate of drug-likeness (QED) is 0.207. The van der Waals surface area contributed by atoms with Crippen LogP contribution in [0, 0.1) is 17.1 Å². The molecule has 0 spiro atoms. The maximum Gasteiger partial charge on any atom is 0.407 e. The minimum atomic E-state index is -1.23. The molecule has 0 bridgehead atoms. The van der Waals surface area contributed by atoms with Crippen molar-refractivity contribution in [1.82, 2.24) is 15.2 Å². The highest BCUT2D eigenvalue weighted by Gasteiger charge is 2.18. The summed E-state index contributed by atoms with van der Waals surface area (Å²) in [6.45, 7) is -0.535. The number of amides is 3. The third-order valence-corrected chi connectivity index (χ3v) is 6.16.